The molecule has 1 amide bonds. The van der Waals surface area contributed by atoms with Crippen LogP contribution in [-0.2, 0) is 6.54 Å². The number of rotatable bonds is 3. The van der Waals surface area contributed by atoms with E-state index in [0.717, 1.165) is 22.3 Å². The fraction of sp³-hybridized carbons (Fsp3) is 0.211. The summed E-state index contributed by atoms with van der Waals surface area (Å²) in [6.45, 7) is 4.67. The van der Waals surface area contributed by atoms with E-state index in [1.807, 2.05) is 49.1 Å². The normalized spacial score (nSPS) is 13.6. The molecule has 1 aliphatic heterocycles. The van der Waals surface area contributed by atoms with Crippen molar-refractivity contribution in [2.45, 2.75) is 26.4 Å². The SMILES string of the molecule is CC(C)N1Cc2cc(-c3cc(-c4ccc(Cl)nc4)no3)ccc2C1=O. The van der Waals surface area contributed by atoms with Crippen LogP contribution in [0.1, 0.15) is 29.8 Å². The molecule has 0 bridgehead atoms. The molecular formula is C19H16ClN3O2. The fourth-order valence-electron chi connectivity index (χ4n) is 2.99. The van der Waals surface area contributed by atoms with E-state index in [2.05, 4.69) is 10.1 Å². The van der Waals surface area contributed by atoms with Gasteiger partial charge in [-0.15, -0.1) is 0 Å². The number of carbonyl (C=O) groups is 1. The zero-order valence-corrected chi connectivity index (χ0v) is 14.6. The number of hydrogen-bond donors (Lipinski definition) is 0. The largest absolute Gasteiger partial charge is 0.356 e. The van der Waals surface area contributed by atoms with Gasteiger partial charge in [0.05, 0.1) is 0 Å². The Balaban J connectivity index is 1.65. The maximum absolute atomic E-state index is 12.4. The third-order valence-electron chi connectivity index (χ3n) is 4.38. The molecule has 0 atom stereocenters. The molecule has 126 valence electrons. The molecule has 0 radical (unpaired) electrons. The van der Waals surface area contributed by atoms with Gasteiger partial charge in [0.15, 0.2) is 5.76 Å². The molecule has 3 heterocycles. The van der Waals surface area contributed by atoms with Crippen molar-refractivity contribution in [3.8, 4) is 22.6 Å². The van der Waals surface area contributed by atoms with Crippen molar-refractivity contribution in [2.24, 2.45) is 0 Å². The monoisotopic (exact) mass is 353 g/mol. The van der Waals surface area contributed by atoms with Gasteiger partial charge >= 0.3 is 0 Å². The average Bonchev–Trinajstić information content (AvgIpc) is 3.21. The van der Waals surface area contributed by atoms with Crippen LogP contribution in [0.4, 0.5) is 0 Å². The molecule has 1 aliphatic rings. The van der Waals surface area contributed by atoms with Crippen LogP contribution >= 0.6 is 11.6 Å². The van der Waals surface area contributed by atoms with Crippen molar-refractivity contribution in [3.05, 3.63) is 58.9 Å². The minimum atomic E-state index is 0.0852. The molecule has 25 heavy (non-hydrogen) atoms. The van der Waals surface area contributed by atoms with E-state index in [0.29, 0.717) is 23.2 Å². The number of carbonyl (C=O) groups excluding carboxylic acids is 1. The Labute approximate surface area is 150 Å². The maximum atomic E-state index is 12.4. The lowest BCUT2D eigenvalue weighted by molar-refractivity contribution is 0.0730. The quantitative estimate of drug-likeness (QED) is 0.654. The van der Waals surface area contributed by atoms with Crippen LogP contribution in [0.25, 0.3) is 22.6 Å². The molecule has 0 N–H and O–H groups in total. The first-order valence-electron chi connectivity index (χ1n) is 8.06. The van der Waals surface area contributed by atoms with E-state index in [1.165, 1.54) is 0 Å². The second kappa shape index (κ2) is 6.01. The highest BCUT2D eigenvalue weighted by Crippen LogP contribution is 2.31. The van der Waals surface area contributed by atoms with Gasteiger partial charge in [0, 0.05) is 41.5 Å². The summed E-state index contributed by atoms with van der Waals surface area (Å²) in [6.07, 6.45) is 1.66. The molecule has 0 saturated heterocycles. The maximum Gasteiger partial charge on any atom is 0.254 e. The van der Waals surface area contributed by atoms with E-state index < -0.39 is 0 Å². The molecule has 5 nitrogen and oxygen atoms in total. The van der Waals surface area contributed by atoms with Crippen LogP contribution in [0.5, 0.6) is 0 Å². The topological polar surface area (TPSA) is 59.2 Å². The highest BCUT2D eigenvalue weighted by molar-refractivity contribution is 6.29. The zero-order chi connectivity index (χ0) is 17.6. The Kier molecular flexibility index (Phi) is 3.81. The van der Waals surface area contributed by atoms with E-state index in [-0.39, 0.29) is 11.9 Å². The number of hydrogen-bond acceptors (Lipinski definition) is 4. The lowest BCUT2D eigenvalue weighted by Crippen LogP contribution is -2.30. The molecule has 3 aromatic rings. The third kappa shape index (κ3) is 2.81. The Hall–Kier alpha value is -2.66. The Morgan fingerprint density at radius 3 is 2.68 bits per heavy atom. The minimum Gasteiger partial charge on any atom is -0.356 e. The Morgan fingerprint density at radius 2 is 1.96 bits per heavy atom. The van der Waals surface area contributed by atoms with Crippen molar-refractivity contribution in [2.75, 3.05) is 0 Å². The second-order valence-corrected chi connectivity index (χ2v) is 6.73. The molecule has 6 heteroatoms. The summed E-state index contributed by atoms with van der Waals surface area (Å²) in [5.74, 6) is 0.741. The van der Waals surface area contributed by atoms with Gasteiger partial charge < -0.3 is 9.42 Å². The molecule has 1 aromatic carbocycles. The van der Waals surface area contributed by atoms with Gasteiger partial charge in [0.25, 0.3) is 5.91 Å². The standard InChI is InChI=1S/C19H16ClN3O2/c1-11(2)23-10-14-7-12(3-5-15(14)19(23)24)17-8-16(22-25-17)13-4-6-18(20)21-9-13/h3-9,11H,10H2,1-2H3. The van der Waals surface area contributed by atoms with Crippen molar-refractivity contribution >= 4 is 17.5 Å². The van der Waals surface area contributed by atoms with Gasteiger partial charge in [0.1, 0.15) is 10.8 Å². The summed E-state index contributed by atoms with van der Waals surface area (Å²) < 4.78 is 5.49. The van der Waals surface area contributed by atoms with Crippen LogP contribution in [0.2, 0.25) is 5.15 Å². The molecular weight excluding hydrogens is 338 g/mol. The van der Waals surface area contributed by atoms with Gasteiger partial charge in [-0.25, -0.2) is 4.98 Å². The lowest BCUT2D eigenvalue weighted by atomic mass is 10.0. The summed E-state index contributed by atoms with van der Waals surface area (Å²) in [6, 6.07) is 11.4. The van der Waals surface area contributed by atoms with Crippen LogP contribution in [0, 0.1) is 0 Å². The van der Waals surface area contributed by atoms with E-state index in [1.54, 1.807) is 12.3 Å². The summed E-state index contributed by atoms with van der Waals surface area (Å²) in [7, 11) is 0. The summed E-state index contributed by atoms with van der Waals surface area (Å²) in [4.78, 5) is 18.3. The first-order chi connectivity index (χ1) is 12.0. The van der Waals surface area contributed by atoms with E-state index in [9.17, 15) is 4.79 Å². The number of aromatic nitrogens is 2. The predicted octanol–water partition coefficient (Wildman–Crippen LogP) is 4.42. The number of benzene rings is 1. The van der Waals surface area contributed by atoms with Gasteiger partial charge in [-0.1, -0.05) is 22.8 Å². The van der Waals surface area contributed by atoms with Gasteiger partial charge in [-0.3, -0.25) is 4.79 Å². The summed E-state index contributed by atoms with van der Waals surface area (Å²) in [5, 5.41) is 4.54. The molecule has 0 aliphatic carbocycles. The first kappa shape index (κ1) is 15.8. The lowest BCUT2D eigenvalue weighted by Gasteiger charge is -2.19. The van der Waals surface area contributed by atoms with Crippen LogP contribution in [0.15, 0.2) is 47.1 Å². The van der Waals surface area contributed by atoms with E-state index in [4.69, 9.17) is 16.1 Å². The number of halogens is 1. The highest BCUT2D eigenvalue weighted by atomic mass is 35.5. The van der Waals surface area contributed by atoms with Crippen molar-refractivity contribution in [3.63, 3.8) is 0 Å². The van der Waals surface area contributed by atoms with Gasteiger partial charge in [-0.05, 0) is 43.7 Å². The van der Waals surface area contributed by atoms with Gasteiger partial charge in [0.2, 0.25) is 0 Å². The molecule has 0 unspecified atom stereocenters. The molecule has 0 spiro atoms. The first-order valence-corrected chi connectivity index (χ1v) is 8.43. The van der Waals surface area contributed by atoms with Crippen molar-refractivity contribution < 1.29 is 9.32 Å². The molecule has 0 saturated carbocycles. The predicted molar refractivity (Wildman–Crippen MR) is 95.2 cm³/mol. The van der Waals surface area contributed by atoms with Crippen LogP contribution in [0.3, 0.4) is 0 Å². The van der Waals surface area contributed by atoms with E-state index >= 15 is 0 Å². The van der Waals surface area contributed by atoms with Crippen molar-refractivity contribution in [1.82, 2.24) is 15.0 Å². The number of pyridine rings is 1. The third-order valence-corrected chi connectivity index (χ3v) is 4.60. The Bertz CT molecular complexity index is 948. The summed E-state index contributed by atoms with van der Waals surface area (Å²) >= 11 is 5.81. The molecule has 0 fully saturated rings. The van der Waals surface area contributed by atoms with Crippen LogP contribution in [-0.4, -0.2) is 27.0 Å². The minimum absolute atomic E-state index is 0.0852. The Morgan fingerprint density at radius 1 is 1.16 bits per heavy atom. The molecule has 4 rings (SSSR count). The second-order valence-electron chi connectivity index (χ2n) is 6.34. The number of amides is 1. The van der Waals surface area contributed by atoms with Crippen LogP contribution < -0.4 is 0 Å². The smallest absolute Gasteiger partial charge is 0.254 e. The fourth-order valence-corrected chi connectivity index (χ4v) is 3.10. The number of fused-ring (bicyclic) bond motifs is 1. The average molecular weight is 354 g/mol. The number of nitrogens with zero attached hydrogens (tertiary/aromatic N) is 3. The van der Waals surface area contributed by atoms with Crippen molar-refractivity contribution in [1.29, 1.82) is 0 Å². The molecule has 2 aromatic heterocycles. The highest BCUT2D eigenvalue weighted by Gasteiger charge is 2.29. The summed E-state index contributed by atoms with van der Waals surface area (Å²) in [5.41, 5.74) is 4.21. The zero-order valence-electron chi connectivity index (χ0n) is 13.9. The van der Waals surface area contributed by atoms with Gasteiger partial charge in [-0.2, -0.15) is 0 Å².